The standard InChI is InChI=1S/C21H18Br2N2O4S/c1-3-12-4-6-14(7-5-12)24-21-25-20(27)17(30-21)10-13-8-15(22)19(16(23)9-13)29-11-18(26)28-2/h4-10H,3,11H2,1-2H3,(H,24,25,27)/b17-10-. The summed E-state index contributed by atoms with van der Waals surface area (Å²) in [7, 11) is 1.30. The zero-order valence-corrected chi connectivity index (χ0v) is 20.2. The smallest absolute Gasteiger partial charge is 0.343 e. The number of amides is 1. The normalized spacial score (nSPS) is 16.1. The Balaban J connectivity index is 1.77. The van der Waals surface area contributed by atoms with Gasteiger partial charge in [0, 0.05) is 0 Å². The number of ether oxygens (including phenoxy) is 2. The van der Waals surface area contributed by atoms with E-state index in [1.54, 1.807) is 18.2 Å². The number of carbonyl (C=O) groups excluding carboxylic acids is 2. The van der Waals surface area contributed by atoms with Crippen LogP contribution in [0.15, 0.2) is 55.2 Å². The van der Waals surface area contributed by atoms with Gasteiger partial charge in [-0.1, -0.05) is 19.1 Å². The van der Waals surface area contributed by atoms with Crippen molar-refractivity contribution in [3.63, 3.8) is 0 Å². The number of thioether (sulfide) groups is 1. The van der Waals surface area contributed by atoms with Gasteiger partial charge in [-0.05, 0) is 91.5 Å². The Morgan fingerprint density at radius 2 is 1.87 bits per heavy atom. The van der Waals surface area contributed by atoms with Crippen molar-refractivity contribution in [3.05, 3.63) is 61.4 Å². The molecule has 0 aromatic heterocycles. The highest BCUT2D eigenvalue weighted by Crippen LogP contribution is 2.36. The third-order valence-electron chi connectivity index (χ3n) is 4.11. The van der Waals surface area contributed by atoms with Gasteiger partial charge in [-0.3, -0.25) is 4.79 Å². The highest BCUT2D eigenvalue weighted by Gasteiger charge is 2.24. The number of hydrogen-bond acceptors (Lipinski definition) is 6. The summed E-state index contributed by atoms with van der Waals surface area (Å²) in [6.45, 7) is 1.89. The Kier molecular flexibility index (Phi) is 7.74. The number of amidine groups is 1. The number of halogens is 2. The summed E-state index contributed by atoms with van der Waals surface area (Å²) in [5.41, 5.74) is 2.80. The summed E-state index contributed by atoms with van der Waals surface area (Å²) in [6, 6.07) is 11.5. The molecule has 1 aliphatic rings. The van der Waals surface area contributed by atoms with Gasteiger partial charge >= 0.3 is 5.97 Å². The van der Waals surface area contributed by atoms with Crippen LogP contribution >= 0.6 is 43.6 Å². The number of rotatable bonds is 6. The van der Waals surface area contributed by atoms with E-state index in [0.29, 0.717) is 24.8 Å². The number of hydrogen-bond donors (Lipinski definition) is 1. The largest absolute Gasteiger partial charge is 0.480 e. The minimum atomic E-state index is -0.477. The third kappa shape index (κ3) is 5.74. The first-order chi connectivity index (χ1) is 14.4. The van der Waals surface area contributed by atoms with Crippen molar-refractivity contribution >= 4 is 72.4 Å². The maximum absolute atomic E-state index is 12.3. The fraction of sp³-hybridized carbons (Fsp3) is 0.190. The van der Waals surface area contributed by atoms with Crippen molar-refractivity contribution in [3.8, 4) is 5.75 Å². The predicted octanol–water partition coefficient (Wildman–Crippen LogP) is 5.22. The molecule has 6 nitrogen and oxygen atoms in total. The maximum atomic E-state index is 12.3. The molecule has 2 aromatic carbocycles. The molecule has 2 aromatic rings. The van der Waals surface area contributed by atoms with Crippen molar-refractivity contribution in [2.75, 3.05) is 13.7 Å². The van der Waals surface area contributed by atoms with E-state index in [9.17, 15) is 9.59 Å². The van der Waals surface area contributed by atoms with E-state index in [0.717, 1.165) is 17.7 Å². The number of aliphatic imine (C=N–C) groups is 1. The van der Waals surface area contributed by atoms with Crippen molar-refractivity contribution in [2.24, 2.45) is 4.99 Å². The molecule has 156 valence electrons. The van der Waals surface area contributed by atoms with Crippen LogP contribution in [0.25, 0.3) is 6.08 Å². The number of carbonyl (C=O) groups is 2. The van der Waals surface area contributed by atoms with Crippen LogP contribution in [0.1, 0.15) is 18.1 Å². The van der Waals surface area contributed by atoms with Crippen LogP contribution in [-0.2, 0) is 20.7 Å². The van der Waals surface area contributed by atoms with Gasteiger partial charge in [0.2, 0.25) is 0 Å². The Morgan fingerprint density at radius 1 is 1.20 bits per heavy atom. The molecular weight excluding hydrogens is 536 g/mol. The molecule has 0 aliphatic carbocycles. The predicted molar refractivity (Wildman–Crippen MR) is 126 cm³/mol. The molecule has 0 bridgehead atoms. The molecule has 9 heteroatoms. The number of nitrogens with zero attached hydrogens (tertiary/aromatic N) is 1. The van der Waals surface area contributed by atoms with Gasteiger partial charge in [0.05, 0.1) is 26.6 Å². The first-order valence-corrected chi connectivity index (χ1v) is 11.4. The minimum absolute atomic E-state index is 0.203. The Bertz CT molecular complexity index is 1010. The van der Waals surface area contributed by atoms with Crippen LogP contribution in [0.3, 0.4) is 0 Å². The summed E-state index contributed by atoms with van der Waals surface area (Å²) >= 11 is 8.15. The zero-order chi connectivity index (χ0) is 21.7. The second-order valence-corrected chi connectivity index (χ2v) is 8.92. The Hall–Kier alpha value is -2.10. The fourth-order valence-corrected chi connectivity index (χ4v) is 4.84. The first-order valence-electron chi connectivity index (χ1n) is 8.96. The molecule has 0 radical (unpaired) electrons. The van der Waals surface area contributed by atoms with Crippen LogP contribution in [0.5, 0.6) is 5.75 Å². The van der Waals surface area contributed by atoms with E-state index < -0.39 is 5.97 Å². The van der Waals surface area contributed by atoms with E-state index in [4.69, 9.17) is 4.74 Å². The van der Waals surface area contributed by atoms with Crippen LogP contribution in [0.4, 0.5) is 5.69 Å². The van der Waals surface area contributed by atoms with Gasteiger partial charge in [0.1, 0.15) is 5.75 Å². The fourth-order valence-electron chi connectivity index (χ4n) is 2.55. The van der Waals surface area contributed by atoms with Gasteiger partial charge in [-0.2, -0.15) is 0 Å². The molecule has 3 rings (SSSR count). The van der Waals surface area contributed by atoms with Crippen LogP contribution in [-0.4, -0.2) is 30.8 Å². The monoisotopic (exact) mass is 552 g/mol. The van der Waals surface area contributed by atoms with Crippen molar-refractivity contribution in [1.29, 1.82) is 0 Å². The second-order valence-electron chi connectivity index (χ2n) is 6.18. The maximum Gasteiger partial charge on any atom is 0.343 e. The van der Waals surface area contributed by atoms with E-state index in [1.807, 2.05) is 24.3 Å². The van der Waals surface area contributed by atoms with E-state index in [2.05, 4.69) is 53.8 Å². The quantitative estimate of drug-likeness (QED) is 0.392. The van der Waals surface area contributed by atoms with Crippen LogP contribution in [0.2, 0.25) is 0 Å². The lowest BCUT2D eigenvalue weighted by Gasteiger charge is -2.10. The van der Waals surface area contributed by atoms with E-state index in [-0.39, 0.29) is 12.5 Å². The van der Waals surface area contributed by atoms with Gasteiger partial charge < -0.3 is 14.8 Å². The lowest BCUT2D eigenvalue weighted by atomic mass is 10.2. The molecule has 1 heterocycles. The highest BCUT2D eigenvalue weighted by molar-refractivity contribution is 9.11. The number of benzene rings is 2. The van der Waals surface area contributed by atoms with Crippen LogP contribution in [0, 0.1) is 0 Å². The number of nitrogens with one attached hydrogen (secondary N) is 1. The molecular formula is C21H18Br2N2O4S. The number of methoxy groups -OCH3 is 1. The topological polar surface area (TPSA) is 77.0 Å². The summed E-state index contributed by atoms with van der Waals surface area (Å²) in [4.78, 5) is 28.7. The molecule has 0 atom stereocenters. The van der Waals surface area contributed by atoms with Crippen molar-refractivity contribution in [1.82, 2.24) is 5.32 Å². The average Bonchev–Trinajstić information content (AvgIpc) is 3.06. The van der Waals surface area contributed by atoms with Gasteiger partial charge in [0.25, 0.3) is 5.91 Å². The van der Waals surface area contributed by atoms with Gasteiger partial charge in [0.15, 0.2) is 11.8 Å². The van der Waals surface area contributed by atoms with Crippen molar-refractivity contribution < 1.29 is 19.1 Å². The zero-order valence-electron chi connectivity index (χ0n) is 16.2. The summed E-state index contributed by atoms with van der Waals surface area (Å²) in [5.74, 6) is -0.207. The first kappa shape index (κ1) is 22.6. The number of esters is 1. The molecule has 1 N–H and O–H groups in total. The molecule has 1 fully saturated rings. The van der Waals surface area contributed by atoms with E-state index in [1.165, 1.54) is 24.4 Å². The molecule has 1 aliphatic heterocycles. The lowest BCUT2D eigenvalue weighted by molar-refractivity contribution is -0.142. The van der Waals surface area contributed by atoms with E-state index >= 15 is 0 Å². The second kappa shape index (κ2) is 10.3. The number of aryl methyl sites for hydroxylation is 1. The molecule has 0 unspecified atom stereocenters. The van der Waals surface area contributed by atoms with Crippen LogP contribution < -0.4 is 10.1 Å². The van der Waals surface area contributed by atoms with Gasteiger partial charge in [-0.15, -0.1) is 0 Å². The lowest BCUT2D eigenvalue weighted by Crippen LogP contribution is -2.19. The highest BCUT2D eigenvalue weighted by atomic mass is 79.9. The third-order valence-corrected chi connectivity index (χ3v) is 6.19. The minimum Gasteiger partial charge on any atom is -0.480 e. The molecule has 0 saturated carbocycles. The summed E-state index contributed by atoms with van der Waals surface area (Å²) < 4.78 is 11.3. The molecule has 30 heavy (non-hydrogen) atoms. The average molecular weight is 554 g/mol. The Morgan fingerprint density at radius 3 is 2.47 bits per heavy atom. The van der Waals surface area contributed by atoms with Crippen molar-refractivity contribution in [2.45, 2.75) is 13.3 Å². The summed E-state index contributed by atoms with van der Waals surface area (Å²) in [6.07, 6.45) is 2.73. The summed E-state index contributed by atoms with van der Waals surface area (Å²) in [5, 5.41) is 3.32. The molecule has 0 spiro atoms. The SMILES string of the molecule is CCc1ccc(N=C2NC(=O)/C(=C/c3cc(Br)c(OCC(=O)OC)c(Br)c3)S2)cc1. The Labute approximate surface area is 195 Å². The molecule has 1 amide bonds. The molecule has 1 saturated heterocycles. The van der Waals surface area contributed by atoms with Gasteiger partial charge in [-0.25, -0.2) is 9.79 Å².